The van der Waals surface area contributed by atoms with Gasteiger partial charge in [-0.05, 0) is 24.3 Å². The van der Waals surface area contributed by atoms with Gasteiger partial charge in [0.15, 0.2) is 6.61 Å². The van der Waals surface area contributed by atoms with Gasteiger partial charge in [0.2, 0.25) is 6.41 Å². The Kier molecular flexibility index (Phi) is 4.22. The zero-order chi connectivity index (χ0) is 13.7. The Bertz CT molecular complexity index is 438. The Morgan fingerprint density at radius 3 is 2.37 bits per heavy atom. The molecular formula is C13H16N2O4. The highest BCUT2D eigenvalue weighted by atomic mass is 16.5. The van der Waals surface area contributed by atoms with Gasteiger partial charge in [0.1, 0.15) is 5.75 Å². The molecule has 0 bridgehead atoms. The van der Waals surface area contributed by atoms with E-state index in [1.165, 1.54) is 0 Å². The average molecular weight is 264 g/mol. The molecule has 1 amide bonds. The van der Waals surface area contributed by atoms with Crippen molar-refractivity contribution in [3.63, 3.8) is 0 Å². The van der Waals surface area contributed by atoms with Crippen molar-refractivity contribution in [3.05, 3.63) is 24.3 Å². The van der Waals surface area contributed by atoms with Crippen LogP contribution in [0.3, 0.4) is 0 Å². The third-order valence-corrected chi connectivity index (χ3v) is 3.03. The van der Waals surface area contributed by atoms with Gasteiger partial charge in [0.25, 0.3) is 0 Å². The van der Waals surface area contributed by atoms with Crippen LogP contribution in [-0.4, -0.2) is 55.2 Å². The number of ether oxygens (including phenoxy) is 1. The Labute approximate surface area is 111 Å². The standard InChI is InChI=1S/C13H16N2O4/c16-10-14-5-7-15(8-6-14)11-1-3-12(4-2-11)19-9-13(17)18/h1-4,10H,5-9H2,(H,17,18). The van der Waals surface area contributed by atoms with E-state index in [2.05, 4.69) is 4.90 Å². The van der Waals surface area contributed by atoms with E-state index >= 15 is 0 Å². The molecule has 0 spiro atoms. The van der Waals surface area contributed by atoms with Crippen LogP contribution in [0.5, 0.6) is 5.75 Å². The number of carboxylic acid groups (broad SMARTS) is 1. The van der Waals surface area contributed by atoms with Crippen molar-refractivity contribution in [2.75, 3.05) is 37.7 Å². The molecule has 6 heteroatoms. The molecule has 2 rings (SSSR count). The van der Waals surface area contributed by atoms with E-state index in [1.807, 2.05) is 12.1 Å². The summed E-state index contributed by atoms with van der Waals surface area (Å²) in [6, 6.07) is 7.30. The highest BCUT2D eigenvalue weighted by Gasteiger charge is 2.15. The molecule has 1 heterocycles. The largest absolute Gasteiger partial charge is 0.482 e. The zero-order valence-corrected chi connectivity index (χ0v) is 10.5. The Balaban J connectivity index is 1.91. The number of piperazine rings is 1. The molecule has 1 aliphatic rings. The molecule has 19 heavy (non-hydrogen) atoms. The van der Waals surface area contributed by atoms with Gasteiger partial charge in [-0.25, -0.2) is 4.79 Å². The van der Waals surface area contributed by atoms with Crippen LogP contribution in [0.25, 0.3) is 0 Å². The first kappa shape index (κ1) is 13.2. The second-order valence-corrected chi connectivity index (χ2v) is 4.30. The van der Waals surface area contributed by atoms with Crippen LogP contribution in [0, 0.1) is 0 Å². The first-order chi connectivity index (χ1) is 9.19. The van der Waals surface area contributed by atoms with Crippen LogP contribution in [0.1, 0.15) is 0 Å². The van der Waals surface area contributed by atoms with Crippen molar-refractivity contribution in [2.24, 2.45) is 0 Å². The van der Waals surface area contributed by atoms with Gasteiger partial charge in [-0.2, -0.15) is 0 Å². The molecule has 1 aromatic carbocycles. The van der Waals surface area contributed by atoms with Gasteiger partial charge in [-0.3, -0.25) is 4.79 Å². The summed E-state index contributed by atoms with van der Waals surface area (Å²) in [6.45, 7) is 2.71. The molecule has 0 aliphatic carbocycles. The zero-order valence-electron chi connectivity index (χ0n) is 10.5. The van der Waals surface area contributed by atoms with Crippen molar-refractivity contribution in [1.29, 1.82) is 0 Å². The fraction of sp³-hybridized carbons (Fsp3) is 0.385. The fourth-order valence-corrected chi connectivity index (χ4v) is 1.98. The molecule has 102 valence electrons. The molecule has 6 nitrogen and oxygen atoms in total. The maximum atomic E-state index is 10.6. The molecule has 1 saturated heterocycles. The van der Waals surface area contributed by atoms with E-state index in [4.69, 9.17) is 9.84 Å². The summed E-state index contributed by atoms with van der Waals surface area (Å²) < 4.78 is 5.07. The summed E-state index contributed by atoms with van der Waals surface area (Å²) in [4.78, 5) is 24.9. The van der Waals surface area contributed by atoms with Crippen molar-refractivity contribution >= 4 is 18.1 Å². The lowest BCUT2D eigenvalue weighted by molar-refractivity contribution is -0.139. The molecule has 1 fully saturated rings. The second-order valence-electron chi connectivity index (χ2n) is 4.30. The molecule has 1 aromatic rings. The smallest absolute Gasteiger partial charge is 0.341 e. The molecule has 0 aromatic heterocycles. The van der Waals surface area contributed by atoms with Gasteiger partial charge in [-0.15, -0.1) is 0 Å². The predicted molar refractivity (Wildman–Crippen MR) is 69.4 cm³/mol. The van der Waals surface area contributed by atoms with Crippen LogP contribution in [0.15, 0.2) is 24.3 Å². The number of anilines is 1. The number of nitrogens with zero attached hydrogens (tertiary/aromatic N) is 2. The maximum Gasteiger partial charge on any atom is 0.341 e. The molecule has 0 unspecified atom stereocenters. The molecule has 0 radical (unpaired) electrons. The van der Waals surface area contributed by atoms with Gasteiger partial charge in [0.05, 0.1) is 0 Å². The van der Waals surface area contributed by atoms with Crippen LogP contribution in [0.2, 0.25) is 0 Å². The number of hydrogen-bond donors (Lipinski definition) is 1. The summed E-state index contributed by atoms with van der Waals surface area (Å²) in [6.07, 6.45) is 0.875. The number of carbonyl (C=O) groups is 2. The van der Waals surface area contributed by atoms with Crippen LogP contribution < -0.4 is 9.64 Å². The van der Waals surface area contributed by atoms with E-state index in [-0.39, 0.29) is 6.61 Å². The first-order valence-corrected chi connectivity index (χ1v) is 6.08. The lowest BCUT2D eigenvalue weighted by atomic mass is 10.2. The van der Waals surface area contributed by atoms with E-state index in [0.29, 0.717) is 5.75 Å². The van der Waals surface area contributed by atoms with Crippen molar-refractivity contribution in [1.82, 2.24) is 4.90 Å². The topological polar surface area (TPSA) is 70.1 Å². The Morgan fingerprint density at radius 1 is 1.21 bits per heavy atom. The van der Waals surface area contributed by atoms with Crippen LogP contribution in [-0.2, 0) is 9.59 Å². The number of benzene rings is 1. The van der Waals surface area contributed by atoms with Gasteiger partial charge >= 0.3 is 5.97 Å². The summed E-state index contributed by atoms with van der Waals surface area (Å²) >= 11 is 0. The summed E-state index contributed by atoms with van der Waals surface area (Å²) in [5, 5.41) is 8.52. The summed E-state index contributed by atoms with van der Waals surface area (Å²) in [5.41, 5.74) is 1.05. The molecule has 0 atom stereocenters. The minimum Gasteiger partial charge on any atom is -0.482 e. The third kappa shape index (κ3) is 3.61. The molecule has 1 N–H and O–H groups in total. The van der Waals surface area contributed by atoms with Gasteiger partial charge in [-0.1, -0.05) is 0 Å². The second kappa shape index (κ2) is 6.08. The molecular weight excluding hydrogens is 248 g/mol. The van der Waals surface area contributed by atoms with Crippen molar-refractivity contribution in [2.45, 2.75) is 0 Å². The summed E-state index contributed by atoms with van der Waals surface area (Å²) in [7, 11) is 0. The van der Waals surface area contributed by atoms with Gasteiger partial charge in [0, 0.05) is 31.9 Å². The van der Waals surface area contributed by atoms with E-state index < -0.39 is 5.97 Å². The lowest BCUT2D eigenvalue weighted by Crippen LogP contribution is -2.45. The van der Waals surface area contributed by atoms with Crippen molar-refractivity contribution < 1.29 is 19.4 Å². The monoisotopic (exact) mass is 264 g/mol. The van der Waals surface area contributed by atoms with E-state index in [9.17, 15) is 9.59 Å². The normalized spacial score (nSPS) is 15.2. The Hall–Kier alpha value is -2.24. The number of rotatable bonds is 5. The quantitative estimate of drug-likeness (QED) is 0.781. The SMILES string of the molecule is O=CN1CCN(c2ccc(OCC(=O)O)cc2)CC1. The van der Waals surface area contributed by atoms with E-state index in [1.54, 1.807) is 17.0 Å². The summed E-state index contributed by atoms with van der Waals surface area (Å²) in [5.74, 6) is -0.452. The molecule has 1 aliphatic heterocycles. The predicted octanol–water partition coefficient (Wildman–Crippen LogP) is 0.428. The highest BCUT2D eigenvalue weighted by molar-refractivity contribution is 5.68. The minimum atomic E-state index is -0.992. The molecule has 0 saturated carbocycles. The first-order valence-electron chi connectivity index (χ1n) is 6.08. The van der Waals surface area contributed by atoms with Crippen LogP contribution >= 0.6 is 0 Å². The average Bonchev–Trinajstić information content (AvgIpc) is 2.46. The van der Waals surface area contributed by atoms with E-state index in [0.717, 1.165) is 38.3 Å². The maximum absolute atomic E-state index is 10.6. The van der Waals surface area contributed by atoms with Gasteiger partial charge < -0.3 is 19.6 Å². The number of carboxylic acids is 1. The fourth-order valence-electron chi connectivity index (χ4n) is 1.98. The third-order valence-electron chi connectivity index (χ3n) is 3.03. The number of amides is 1. The Morgan fingerprint density at radius 2 is 1.84 bits per heavy atom. The number of aliphatic carboxylic acids is 1. The minimum absolute atomic E-state index is 0.336. The highest BCUT2D eigenvalue weighted by Crippen LogP contribution is 2.20. The van der Waals surface area contributed by atoms with Crippen molar-refractivity contribution in [3.8, 4) is 5.75 Å². The number of hydrogen-bond acceptors (Lipinski definition) is 4. The van der Waals surface area contributed by atoms with Crippen LogP contribution in [0.4, 0.5) is 5.69 Å². The number of carbonyl (C=O) groups excluding carboxylic acids is 1. The lowest BCUT2D eigenvalue weighted by Gasteiger charge is -2.34.